The summed E-state index contributed by atoms with van der Waals surface area (Å²) < 4.78 is 0. The fraction of sp³-hybridized carbons (Fsp3) is 0.292. The van der Waals surface area contributed by atoms with Crippen LogP contribution in [0.15, 0.2) is 54.4 Å². The minimum atomic E-state index is 0.193. The molecule has 0 aliphatic carbocycles. The molecule has 0 saturated heterocycles. The van der Waals surface area contributed by atoms with Crippen LogP contribution in [0.5, 0.6) is 0 Å². The molecule has 2 aromatic carbocycles. The van der Waals surface area contributed by atoms with E-state index in [1.807, 2.05) is 20.2 Å². The van der Waals surface area contributed by atoms with Crippen LogP contribution >= 0.6 is 0 Å². The molecular weight excluding hydrogens is 358 g/mol. The van der Waals surface area contributed by atoms with E-state index in [4.69, 9.17) is 11.1 Å². The molecular formula is C24H31N5. The number of nitrogens with one attached hydrogen (secondary N) is 3. The van der Waals surface area contributed by atoms with E-state index in [0.717, 1.165) is 41.1 Å². The van der Waals surface area contributed by atoms with Gasteiger partial charge in [-0.15, -0.1) is 0 Å². The molecule has 5 N–H and O–H groups in total. The monoisotopic (exact) mass is 389 g/mol. The molecule has 5 heteroatoms. The van der Waals surface area contributed by atoms with E-state index in [1.54, 1.807) is 0 Å². The van der Waals surface area contributed by atoms with Crippen molar-refractivity contribution in [2.75, 3.05) is 25.5 Å². The van der Waals surface area contributed by atoms with Gasteiger partial charge in [0.2, 0.25) is 0 Å². The molecule has 0 fully saturated rings. The SMILES string of the molecule is CN/C=C(\C=N)c1ccc2c(c1)C(N(C)c1ccc(C)cc1)CCN/C2=C(/C)N. The summed E-state index contributed by atoms with van der Waals surface area (Å²) in [6.07, 6.45) is 4.19. The zero-order valence-corrected chi connectivity index (χ0v) is 17.7. The first kappa shape index (κ1) is 20.5. The van der Waals surface area contributed by atoms with Crippen molar-refractivity contribution >= 4 is 23.2 Å². The Morgan fingerprint density at radius 2 is 1.97 bits per heavy atom. The third-order valence-corrected chi connectivity index (χ3v) is 5.49. The Hall–Kier alpha value is -3.21. The first-order chi connectivity index (χ1) is 14.0. The van der Waals surface area contributed by atoms with Crippen LogP contribution in [0.25, 0.3) is 11.3 Å². The average molecular weight is 390 g/mol. The largest absolute Gasteiger partial charge is 0.401 e. The number of hydrogen-bond acceptors (Lipinski definition) is 5. The predicted molar refractivity (Wildman–Crippen MR) is 124 cm³/mol. The lowest BCUT2D eigenvalue weighted by molar-refractivity contribution is 0.610. The summed E-state index contributed by atoms with van der Waals surface area (Å²) in [6, 6.07) is 15.2. The normalized spacial score (nSPS) is 18.2. The van der Waals surface area contributed by atoms with Crippen LogP contribution in [0.2, 0.25) is 0 Å². The minimum absolute atomic E-state index is 0.193. The van der Waals surface area contributed by atoms with Gasteiger partial charge in [-0.3, -0.25) is 0 Å². The van der Waals surface area contributed by atoms with Gasteiger partial charge in [0, 0.05) is 55.6 Å². The molecule has 152 valence electrons. The molecule has 29 heavy (non-hydrogen) atoms. The fourth-order valence-corrected chi connectivity index (χ4v) is 3.91. The number of allylic oxidation sites excluding steroid dienone is 2. The Kier molecular flexibility index (Phi) is 6.27. The van der Waals surface area contributed by atoms with E-state index < -0.39 is 0 Å². The second-order valence-electron chi connectivity index (χ2n) is 7.57. The number of hydrogen-bond donors (Lipinski definition) is 4. The summed E-state index contributed by atoms with van der Waals surface area (Å²) in [4.78, 5) is 2.34. The molecule has 1 aliphatic heterocycles. The highest BCUT2D eigenvalue weighted by Gasteiger charge is 2.26. The van der Waals surface area contributed by atoms with Crippen LogP contribution in [0, 0.1) is 12.3 Å². The van der Waals surface area contributed by atoms with Crippen LogP contribution in [-0.2, 0) is 0 Å². The van der Waals surface area contributed by atoms with Crippen molar-refractivity contribution in [1.29, 1.82) is 5.41 Å². The zero-order valence-electron chi connectivity index (χ0n) is 17.7. The van der Waals surface area contributed by atoms with Crippen LogP contribution in [0.3, 0.4) is 0 Å². The number of anilines is 1. The summed E-state index contributed by atoms with van der Waals surface area (Å²) in [5, 5.41) is 14.4. The van der Waals surface area contributed by atoms with Crippen molar-refractivity contribution in [2.24, 2.45) is 5.73 Å². The van der Waals surface area contributed by atoms with E-state index in [0.29, 0.717) is 0 Å². The second kappa shape index (κ2) is 8.86. The number of nitrogens with two attached hydrogens (primary N) is 1. The highest BCUT2D eigenvalue weighted by Crippen LogP contribution is 2.36. The van der Waals surface area contributed by atoms with E-state index in [2.05, 4.69) is 72.0 Å². The summed E-state index contributed by atoms with van der Waals surface area (Å²) >= 11 is 0. The van der Waals surface area contributed by atoms with E-state index in [-0.39, 0.29) is 6.04 Å². The molecule has 0 spiro atoms. The Balaban J connectivity index is 2.15. The van der Waals surface area contributed by atoms with E-state index in [9.17, 15) is 0 Å². The molecule has 3 rings (SSSR count). The molecule has 1 atom stereocenters. The molecule has 0 bridgehead atoms. The summed E-state index contributed by atoms with van der Waals surface area (Å²) in [5.74, 6) is 0. The zero-order chi connectivity index (χ0) is 21.0. The predicted octanol–water partition coefficient (Wildman–Crippen LogP) is 4.02. The number of fused-ring (bicyclic) bond motifs is 1. The van der Waals surface area contributed by atoms with Gasteiger partial charge in [-0.05, 0) is 49.6 Å². The standard InChI is InChI=1S/C24H31N5/c1-16-5-8-20(9-6-16)29(4)23-11-12-28-24(17(2)26)21-10-7-18(13-22(21)23)19(14-25)15-27-3/h5-10,13-15,23,25,27-28H,11-12,26H2,1-4H3/b19-15+,24-17-,25-14?. The van der Waals surface area contributed by atoms with Crippen LogP contribution in [0.1, 0.15) is 41.6 Å². The molecule has 1 aliphatic rings. The van der Waals surface area contributed by atoms with Gasteiger partial charge in [0.15, 0.2) is 0 Å². The van der Waals surface area contributed by atoms with Crippen molar-refractivity contribution < 1.29 is 0 Å². The topological polar surface area (TPSA) is 77.2 Å². The maximum absolute atomic E-state index is 7.80. The third-order valence-electron chi connectivity index (χ3n) is 5.49. The quantitative estimate of drug-likeness (QED) is 0.583. The highest BCUT2D eigenvalue weighted by atomic mass is 15.1. The molecule has 1 heterocycles. The van der Waals surface area contributed by atoms with E-state index >= 15 is 0 Å². The van der Waals surface area contributed by atoms with Gasteiger partial charge in [-0.1, -0.05) is 29.8 Å². The highest BCUT2D eigenvalue weighted by molar-refractivity contribution is 6.08. The molecule has 0 saturated carbocycles. The van der Waals surface area contributed by atoms with Gasteiger partial charge >= 0.3 is 0 Å². The Labute approximate surface area is 173 Å². The average Bonchev–Trinajstić information content (AvgIpc) is 2.91. The molecule has 5 nitrogen and oxygen atoms in total. The molecule has 0 radical (unpaired) electrons. The summed E-state index contributed by atoms with van der Waals surface area (Å²) in [6.45, 7) is 4.89. The van der Waals surface area contributed by atoms with Gasteiger partial charge in [0.25, 0.3) is 0 Å². The van der Waals surface area contributed by atoms with Crippen LogP contribution < -0.4 is 21.3 Å². The number of rotatable bonds is 5. The van der Waals surface area contributed by atoms with Gasteiger partial charge in [-0.2, -0.15) is 0 Å². The van der Waals surface area contributed by atoms with Gasteiger partial charge < -0.3 is 26.7 Å². The summed E-state index contributed by atoms with van der Waals surface area (Å²) in [7, 11) is 4.00. The van der Waals surface area contributed by atoms with Crippen LogP contribution in [0.4, 0.5) is 5.69 Å². The van der Waals surface area contributed by atoms with Crippen molar-refractivity contribution in [3.05, 3.63) is 76.6 Å². The number of aryl methyl sites for hydroxylation is 1. The molecule has 0 aromatic heterocycles. The van der Waals surface area contributed by atoms with Crippen molar-refractivity contribution in [2.45, 2.75) is 26.3 Å². The first-order valence-electron chi connectivity index (χ1n) is 9.98. The van der Waals surface area contributed by atoms with Crippen molar-refractivity contribution in [3.8, 4) is 0 Å². The number of benzene rings is 2. The Morgan fingerprint density at radius 3 is 2.59 bits per heavy atom. The molecule has 2 aromatic rings. The van der Waals surface area contributed by atoms with E-state index in [1.165, 1.54) is 23.0 Å². The number of nitrogens with zero attached hydrogens (tertiary/aromatic N) is 1. The van der Waals surface area contributed by atoms with Crippen molar-refractivity contribution in [1.82, 2.24) is 10.6 Å². The van der Waals surface area contributed by atoms with Gasteiger partial charge in [-0.25, -0.2) is 0 Å². The summed E-state index contributed by atoms with van der Waals surface area (Å²) in [5.41, 5.74) is 14.7. The Bertz CT molecular complexity index is 936. The van der Waals surface area contributed by atoms with Gasteiger partial charge in [0.1, 0.15) is 0 Å². The smallest absolute Gasteiger partial charge is 0.0605 e. The molecule has 0 amide bonds. The maximum Gasteiger partial charge on any atom is 0.0605 e. The second-order valence-corrected chi connectivity index (χ2v) is 7.57. The lowest BCUT2D eigenvalue weighted by atomic mass is 9.92. The van der Waals surface area contributed by atoms with Crippen LogP contribution in [-0.4, -0.2) is 26.9 Å². The lowest BCUT2D eigenvalue weighted by Crippen LogP contribution is -2.25. The minimum Gasteiger partial charge on any atom is -0.401 e. The van der Waals surface area contributed by atoms with Crippen molar-refractivity contribution in [3.63, 3.8) is 0 Å². The third kappa shape index (κ3) is 4.29. The first-order valence-corrected chi connectivity index (χ1v) is 9.98. The van der Waals surface area contributed by atoms with Gasteiger partial charge in [0.05, 0.1) is 11.7 Å². The Morgan fingerprint density at radius 1 is 1.24 bits per heavy atom. The molecule has 1 unspecified atom stereocenters. The fourth-order valence-electron chi connectivity index (χ4n) is 3.91. The maximum atomic E-state index is 7.80. The lowest BCUT2D eigenvalue weighted by Gasteiger charge is -2.31.